The van der Waals surface area contributed by atoms with E-state index in [2.05, 4.69) is 10.4 Å². The van der Waals surface area contributed by atoms with Gasteiger partial charge in [0.25, 0.3) is 0 Å². The lowest BCUT2D eigenvalue weighted by atomic mass is 9.88. The van der Waals surface area contributed by atoms with Gasteiger partial charge in [0.1, 0.15) is 0 Å². The fourth-order valence-electron chi connectivity index (χ4n) is 2.66. The van der Waals surface area contributed by atoms with Crippen LogP contribution >= 0.6 is 0 Å². The predicted molar refractivity (Wildman–Crippen MR) is 58.1 cm³/mol. The molecule has 3 heterocycles. The van der Waals surface area contributed by atoms with E-state index < -0.39 is 6.55 Å². The number of halogens is 2. The van der Waals surface area contributed by atoms with Crippen molar-refractivity contribution in [3.05, 3.63) is 12.4 Å². The van der Waals surface area contributed by atoms with Crippen LogP contribution in [-0.2, 0) is 9.53 Å². The quantitative estimate of drug-likeness (QED) is 0.898. The number of fused-ring (bicyclic) bond motifs is 2. The molecule has 0 aromatic carbocycles. The molecule has 1 N–H and O–H groups in total. The third-order valence-corrected chi connectivity index (χ3v) is 3.51. The van der Waals surface area contributed by atoms with Crippen LogP contribution in [0.2, 0.25) is 0 Å². The Labute approximate surface area is 102 Å². The van der Waals surface area contributed by atoms with Gasteiger partial charge in [0, 0.05) is 0 Å². The van der Waals surface area contributed by atoms with Crippen LogP contribution in [0, 0.1) is 5.92 Å². The number of rotatable bonds is 3. The normalized spacial score (nSPS) is 30.1. The topological polar surface area (TPSA) is 56.2 Å². The minimum atomic E-state index is -2.69. The van der Waals surface area contributed by atoms with Gasteiger partial charge in [-0.3, -0.25) is 4.79 Å². The minimum Gasteiger partial charge on any atom is -0.374 e. The van der Waals surface area contributed by atoms with Crippen molar-refractivity contribution in [2.24, 2.45) is 5.92 Å². The highest BCUT2D eigenvalue weighted by molar-refractivity contribution is 5.93. The number of nitrogens with zero attached hydrogens (tertiary/aromatic N) is 2. The molecule has 1 amide bonds. The maximum absolute atomic E-state index is 12.3. The zero-order valence-corrected chi connectivity index (χ0v) is 9.55. The molecule has 0 spiro atoms. The van der Waals surface area contributed by atoms with Gasteiger partial charge in [-0.05, 0) is 19.3 Å². The van der Waals surface area contributed by atoms with Gasteiger partial charge in [-0.25, -0.2) is 4.68 Å². The Kier molecular flexibility index (Phi) is 2.77. The molecule has 2 aliphatic heterocycles. The average molecular weight is 257 g/mol. The second-order valence-corrected chi connectivity index (χ2v) is 4.69. The van der Waals surface area contributed by atoms with E-state index in [1.54, 1.807) is 0 Å². The smallest absolute Gasteiger partial charge is 0.333 e. The third kappa shape index (κ3) is 1.98. The van der Waals surface area contributed by atoms with E-state index in [4.69, 9.17) is 4.74 Å². The molecule has 2 aliphatic rings. The average Bonchev–Trinajstić information content (AvgIpc) is 3.03. The van der Waals surface area contributed by atoms with Crippen molar-refractivity contribution in [3.63, 3.8) is 0 Å². The monoisotopic (exact) mass is 257 g/mol. The lowest BCUT2D eigenvalue weighted by molar-refractivity contribution is -0.121. The molecule has 7 heteroatoms. The second-order valence-electron chi connectivity index (χ2n) is 4.69. The van der Waals surface area contributed by atoms with Gasteiger partial charge in [-0.1, -0.05) is 0 Å². The first kappa shape index (κ1) is 11.6. The molecule has 2 saturated heterocycles. The van der Waals surface area contributed by atoms with Crippen LogP contribution in [0.4, 0.5) is 14.5 Å². The third-order valence-electron chi connectivity index (χ3n) is 3.51. The number of alkyl halides is 2. The van der Waals surface area contributed by atoms with Crippen molar-refractivity contribution in [2.75, 3.05) is 5.32 Å². The largest absolute Gasteiger partial charge is 0.374 e. The first-order valence-corrected chi connectivity index (χ1v) is 5.92. The van der Waals surface area contributed by atoms with Crippen LogP contribution in [-0.4, -0.2) is 27.9 Å². The highest BCUT2D eigenvalue weighted by Crippen LogP contribution is 2.39. The van der Waals surface area contributed by atoms with E-state index in [0.717, 1.165) is 25.5 Å². The van der Waals surface area contributed by atoms with Crippen LogP contribution in [0.1, 0.15) is 25.8 Å². The summed E-state index contributed by atoms with van der Waals surface area (Å²) >= 11 is 0. The zero-order valence-electron chi connectivity index (χ0n) is 9.55. The van der Waals surface area contributed by atoms with Gasteiger partial charge in [0.2, 0.25) is 5.91 Å². The number of nitrogens with one attached hydrogen (secondary N) is 1. The summed E-state index contributed by atoms with van der Waals surface area (Å²) in [7, 11) is 0. The molecule has 3 rings (SSSR count). The Hall–Kier alpha value is -1.50. The van der Waals surface area contributed by atoms with Gasteiger partial charge < -0.3 is 10.1 Å². The molecule has 1 aromatic heterocycles. The van der Waals surface area contributed by atoms with Crippen LogP contribution in [0.15, 0.2) is 12.4 Å². The maximum atomic E-state index is 12.3. The zero-order chi connectivity index (χ0) is 12.7. The first-order chi connectivity index (χ1) is 8.63. The van der Waals surface area contributed by atoms with E-state index in [1.165, 1.54) is 6.20 Å². The Balaban J connectivity index is 1.63. The Morgan fingerprint density at radius 3 is 2.94 bits per heavy atom. The maximum Gasteiger partial charge on any atom is 0.333 e. The molecular formula is C11H13F2N3O2. The van der Waals surface area contributed by atoms with Crippen molar-refractivity contribution >= 4 is 11.6 Å². The van der Waals surface area contributed by atoms with Gasteiger partial charge in [-0.2, -0.15) is 13.9 Å². The number of carbonyl (C=O) groups is 1. The Bertz CT molecular complexity index is 463. The summed E-state index contributed by atoms with van der Waals surface area (Å²) in [6.07, 6.45) is 5.15. The molecule has 1 aromatic rings. The fraction of sp³-hybridized carbons (Fsp3) is 0.636. The summed E-state index contributed by atoms with van der Waals surface area (Å²) in [4.78, 5) is 12.0. The van der Waals surface area contributed by atoms with E-state index in [1.807, 2.05) is 0 Å². The fourth-order valence-corrected chi connectivity index (χ4v) is 2.66. The molecule has 98 valence electrons. The SMILES string of the molecule is O=C(Nc1cnn(C(F)F)c1)C1CC2CCC1O2. The molecule has 0 saturated carbocycles. The highest BCUT2D eigenvalue weighted by Gasteiger charge is 2.44. The van der Waals surface area contributed by atoms with Crippen LogP contribution < -0.4 is 5.32 Å². The summed E-state index contributed by atoms with van der Waals surface area (Å²) < 4.78 is 30.7. The number of hydrogen-bond acceptors (Lipinski definition) is 3. The number of aromatic nitrogens is 2. The molecule has 0 aliphatic carbocycles. The van der Waals surface area contributed by atoms with Gasteiger partial charge in [-0.15, -0.1) is 0 Å². The number of carbonyl (C=O) groups excluding carboxylic acids is 1. The van der Waals surface area contributed by atoms with E-state index in [9.17, 15) is 13.6 Å². The minimum absolute atomic E-state index is 0.0138. The molecule has 0 radical (unpaired) electrons. The van der Waals surface area contributed by atoms with Crippen LogP contribution in [0.5, 0.6) is 0 Å². The Morgan fingerprint density at radius 2 is 2.39 bits per heavy atom. The van der Waals surface area contributed by atoms with Crippen molar-refractivity contribution in [1.29, 1.82) is 0 Å². The first-order valence-electron chi connectivity index (χ1n) is 5.92. The van der Waals surface area contributed by atoms with Crippen LogP contribution in [0.25, 0.3) is 0 Å². The van der Waals surface area contributed by atoms with Crippen molar-refractivity contribution < 1.29 is 18.3 Å². The molecule has 3 unspecified atom stereocenters. The summed E-state index contributed by atoms with van der Waals surface area (Å²) in [6, 6.07) is 0. The standard InChI is InChI=1S/C11H13F2N3O2/c12-11(13)16-5-6(4-14-16)15-10(17)8-3-7-1-2-9(8)18-7/h4-5,7-9,11H,1-3H2,(H,15,17). The highest BCUT2D eigenvalue weighted by atomic mass is 19.3. The molecule has 2 bridgehead atoms. The second kappa shape index (κ2) is 4.31. The van der Waals surface area contributed by atoms with Crippen molar-refractivity contribution in [3.8, 4) is 0 Å². The molecule has 3 atom stereocenters. The molecule has 18 heavy (non-hydrogen) atoms. The number of hydrogen-bond donors (Lipinski definition) is 1. The van der Waals surface area contributed by atoms with Gasteiger partial charge in [0.15, 0.2) is 0 Å². The number of amides is 1. The van der Waals surface area contributed by atoms with Gasteiger partial charge in [0.05, 0.1) is 36.2 Å². The predicted octanol–water partition coefficient (Wildman–Crippen LogP) is 1.78. The summed E-state index contributed by atoms with van der Waals surface area (Å²) in [5, 5.41) is 6.07. The lowest BCUT2D eigenvalue weighted by Crippen LogP contribution is -2.30. The van der Waals surface area contributed by atoms with Crippen LogP contribution in [0.3, 0.4) is 0 Å². The molecule has 2 fully saturated rings. The number of anilines is 1. The van der Waals surface area contributed by atoms with Gasteiger partial charge >= 0.3 is 6.55 Å². The Morgan fingerprint density at radius 1 is 1.56 bits per heavy atom. The molecule has 5 nitrogen and oxygen atoms in total. The lowest BCUT2D eigenvalue weighted by Gasteiger charge is -2.17. The van der Waals surface area contributed by atoms with E-state index in [-0.39, 0.29) is 24.0 Å². The number of ether oxygens (including phenoxy) is 1. The van der Waals surface area contributed by atoms with E-state index >= 15 is 0 Å². The van der Waals surface area contributed by atoms with E-state index in [0.29, 0.717) is 10.4 Å². The molecular weight excluding hydrogens is 244 g/mol. The summed E-state index contributed by atoms with van der Waals surface area (Å²) in [5.74, 6) is -0.338. The summed E-state index contributed by atoms with van der Waals surface area (Å²) in [6.45, 7) is -2.69. The summed E-state index contributed by atoms with van der Waals surface area (Å²) in [5.41, 5.74) is 0.295. The van der Waals surface area contributed by atoms with Crippen molar-refractivity contribution in [2.45, 2.75) is 38.0 Å². The van der Waals surface area contributed by atoms with Crippen molar-refractivity contribution in [1.82, 2.24) is 9.78 Å².